The molecule has 0 saturated carbocycles. The van der Waals surface area contributed by atoms with Gasteiger partial charge in [-0.1, -0.05) is 26.0 Å². The summed E-state index contributed by atoms with van der Waals surface area (Å²) in [4.78, 5) is 23.0. The highest BCUT2D eigenvalue weighted by molar-refractivity contribution is 6.30. The van der Waals surface area contributed by atoms with Crippen molar-refractivity contribution in [3.05, 3.63) is 29.8 Å². The zero-order chi connectivity index (χ0) is 15.8. The maximum absolute atomic E-state index is 11.7. The van der Waals surface area contributed by atoms with E-state index in [9.17, 15) is 9.59 Å². The number of alkyl halides is 1. The quantitative estimate of drug-likeness (QED) is 0.759. The first kappa shape index (κ1) is 17.5. The van der Waals surface area contributed by atoms with E-state index in [0.717, 1.165) is 12.1 Å². The van der Waals surface area contributed by atoms with Crippen molar-refractivity contribution in [3.63, 3.8) is 0 Å². The van der Waals surface area contributed by atoms with Crippen molar-refractivity contribution in [2.45, 2.75) is 44.9 Å². The lowest BCUT2D eigenvalue weighted by molar-refractivity contribution is -0.120. The standard InChI is InChI=1S/C16H23ClN2O2/c1-4-11(2)13-5-7-14(8-6-13)19-15(20)9-10-18-16(21)12(3)17/h5-8,11-12H,4,9-10H2,1-3H3,(H,18,21)(H,19,20)/t11-,12-/m1/s1. The maximum atomic E-state index is 11.7. The van der Waals surface area contributed by atoms with Crippen LogP contribution in [0.2, 0.25) is 0 Å². The number of carbonyl (C=O) groups is 2. The number of amides is 2. The number of hydrogen-bond donors (Lipinski definition) is 2. The minimum atomic E-state index is -0.582. The van der Waals surface area contributed by atoms with Crippen LogP contribution >= 0.6 is 11.6 Å². The molecule has 116 valence electrons. The fourth-order valence-corrected chi connectivity index (χ4v) is 1.87. The highest BCUT2D eigenvalue weighted by Crippen LogP contribution is 2.20. The van der Waals surface area contributed by atoms with Crippen molar-refractivity contribution < 1.29 is 9.59 Å². The Hall–Kier alpha value is -1.55. The van der Waals surface area contributed by atoms with Crippen molar-refractivity contribution in [1.29, 1.82) is 0 Å². The second-order valence-electron chi connectivity index (χ2n) is 5.14. The molecule has 2 N–H and O–H groups in total. The van der Waals surface area contributed by atoms with Gasteiger partial charge in [0.1, 0.15) is 5.38 Å². The first-order valence-electron chi connectivity index (χ1n) is 7.25. The normalized spacial score (nSPS) is 13.3. The smallest absolute Gasteiger partial charge is 0.237 e. The molecule has 1 aromatic rings. The first-order chi connectivity index (χ1) is 9.93. The summed E-state index contributed by atoms with van der Waals surface area (Å²) < 4.78 is 0. The predicted molar refractivity (Wildman–Crippen MR) is 86.7 cm³/mol. The second-order valence-corrected chi connectivity index (χ2v) is 5.79. The van der Waals surface area contributed by atoms with Gasteiger partial charge in [0.15, 0.2) is 0 Å². The summed E-state index contributed by atoms with van der Waals surface area (Å²) in [6.07, 6.45) is 1.31. The number of carbonyl (C=O) groups excluding carboxylic acids is 2. The van der Waals surface area contributed by atoms with E-state index >= 15 is 0 Å². The molecule has 0 unspecified atom stereocenters. The molecule has 4 nitrogen and oxygen atoms in total. The van der Waals surface area contributed by atoms with Crippen LogP contribution in [0.1, 0.15) is 45.1 Å². The molecule has 0 spiro atoms. The molecule has 0 saturated heterocycles. The van der Waals surface area contributed by atoms with Gasteiger partial charge in [0, 0.05) is 18.7 Å². The van der Waals surface area contributed by atoms with Gasteiger partial charge in [-0.25, -0.2) is 0 Å². The van der Waals surface area contributed by atoms with Crippen molar-refractivity contribution in [2.24, 2.45) is 0 Å². The molecule has 0 aromatic heterocycles. The number of rotatable bonds is 7. The minimum Gasteiger partial charge on any atom is -0.354 e. The van der Waals surface area contributed by atoms with E-state index < -0.39 is 5.38 Å². The number of hydrogen-bond acceptors (Lipinski definition) is 2. The van der Waals surface area contributed by atoms with E-state index in [1.165, 1.54) is 5.56 Å². The molecule has 2 amide bonds. The monoisotopic (exact) mass is 310 g/mol. The lowest BCUT2D eigenvalue weighted by Crippen LogP contribution is -2.32. The minimum absolute atomic E-state index is 0.131. The summed E-state index contributed by atoms with van der Waals surface area (Å²) in [7, 11) is 0. The Morgan fingerprint density at radius 3 is 2.33 bits per heavy atom. The average molecular weight is 311 g/mol. The molecule has 0 heterocycles. The number of nitrogens with one attached hydrogen (secondary N) is 2. The van der Waals surface area contributed by atoms with Gasteiger partial charge in [0.25, 0.3) is 0 Å². The van der Waals surface area contributed by atoms with Crippen LogP contribution in [-0.2, 0) is 9.59 Å². The van der Waals surface area contributed by atoms with Gasteiger partial charge in [-0.05, 0) is 37.0 Å². The SMILES string of the molecule is CC[C@@H](C)c1ccc(NC(=O)CCNC(=O)[C@@H](C)Cl)cc1. The zero-order valence-electron chi connectivity index (χ0n) is 12.8. The van der Waals surface area contributed by atoms with E-state index in [0.29, 0.717) is 5.92 Å². The fourth-order valence-electron chi connectivity index (χ4n) is 1.79. The summed E-state index contributed by atoms with van der Waals surface area (Å²) in [6.45, 7) is 6.20. The molecule has 0 fully saturated rings. The van der Waals surface area contributed by atoms with E-state index in [2.05, 4.69) is 24.5 Å². The predicted octanol–water partition coefficient (Wildman–Crippen LogP) is 3.27. The van der Waals surface area contributed by atoms with Crippen LogP contribution in [0, 0.1) is 0 Å². The Bertz CT molecular complexity index is 472. The number of benzene rings is 1. The average Bonchev–Trinajstić information content (AvgIpc) is 2.46. The van der Waals surface area contributed by atoms with E-state index in [1.54, 1.807) is 6.92 Å². The summed E-state index contributed by atoms with van der Waals surface area (Å²) in [5.41, 5.74) is 2.03. The highest BCUT2D eigenvalue weighted by atomic mass is 35.5. The third-order valence-electron chi connectivity index (χ3n) is 3.39. The third-order valence-corrected chi connectivity index (χ3v) is 3.59. The van der Waals surface area contributed by atoms with Crippen molar-refractivity contribution in [1.82, 2.24) is 5.32 Å². The van der Waals surface area contributed by atoms with Crippen LogP contribution in [-0.4, -0.2) is 23.7 Å². The van der Waals surface area contributed by atoms with Crippen LogP contribution in [0.5, 0.6) is 0 Å². The topological polar surface area (TPSA) is 58.2 Å². The van der Waals surface area contributed by atoms with Gasteiger partial charge in [-0.15, -0.1) is 11.6 Å². The Kier molecular flexibility index (Phi) is 7.23. The lowest BCUT2D eigenvalue weighted by Gasteiger charge is -2.11. The molecule has 1 rings (SSSR count). The second kappa shape index (κ2) is 8.67. The fraction of sp³-hybridized carbons (Fsp3) is 0.500. The van der Waals surface area contributed by atoms with Crippen LogP contribution in [0.15, 0.2) is 24.3 Å². The Morgan fingerprint density at radius 1 is 1.19 bits per heavy atom. The molecule has 0 aliphatic rings. The van der Waals surface area contributed by atoms with Gasteiger partial charge < -0.3 is 10.6 Å². The van der Waals surface area contributed by atoms with Gasteiger partial charge in [0.05, 0.1) is 0 Å². The molecule has 0 bridgehead atoms. The van der Waals surface area contributed by atoms with Crippen LogP contribution < -0.4 is 10.6 Å². The summed E-state index contributed by atoms with van der Waals surface area (Å²) in [6, 6.07) is 7.86. The van der Waals surface area contributed by atoms with E-state index in [1.807, 2.05) is 24.3 Å². The maximum Gasteiger partial charge on any atom is 0.237 e. The number of halogens is 1. The Labute approximate surface area is 131 Å². The lowest BCUT2D eigenvalue weighted by atomic mass is 9.99. The largest absolute Gasteiger partial charge is 0.354 e. The first-order valence-corrected chi connectivity index (χ1v) is 7.69. The molecule has 1 aromatic carbocycles. The van der Waals surface area contributed by atoms with Crippen molar-refractivity contribution in [3.8, 4) is 0 Å². The molecular weight excluding hydrogens is 288 g/mol. The van der Waals surface area contributed by atoms with Crippen LogP contribution in [0.4, 0.5) is 5.69 Å². The Morgan fingerprint density at radius 2 is 1.81 bits per heavy atom. The molecule has 5 heteroatoms. The van der Waals surface area contributed by atoms with Gasteiger partial charge >= 0.3 is 0 Å². The molecule has 0 aliphatic carbocycles. The van der Waals surface area contributed by atoms with E-state index in [-0.39, 0.29) is 24.8 Å². The molecule has 21 heavy (non-hydrogen) atoms. The van der Waals surface area contributed by atoms with Crippen LogP contribution in [0.25, 0.3) is 0 Å². The molecule has 0 aliphatic heterocycles. The number of anilines is 1. The van der Waals surface area contributed by atoms with E-state index in [4.69, 9.17) is 11.6 Å². The zero-order valence-corrected chi connectivity index (χ0v) is 13.5. The van der Waals surface area contributed by atoms with Crippen LogP contribution in [0.3, 0.4) is 0 Å². The van der Waals surface area contributed by atoms with Crippen molar-refractivity contribution in [2.75, 3.05) is 11.9 Å². The summed E-state index contributed by atoms with van der Waals surface area (Å²) >= 11 is 5.61. The Balaban J connectivity index is 2.39. The molecule has 0 radical (unpaired) electrons. The molecule has 2 atom stereocenters. The van der Waals surface area contributed by atoms with Gasteiger partial charge in [0.2, 0.25) is 11.8 Å². The summed E-state index contributed by atoms with van der Waals surface area (Å²) in [5.74, 6) is 0.124. The highest BCUT2D eigenvalue weighted by Gasteiger charge is 2.09. The third kappa shape index (κ3) is 6.17. The van der Waals surface area contributed by atoms with Gasteiger partial charge in [-0.3, -0.25) is 9.59 Å². The molecular formula is C16H23ClN2O2. The van der Waals surface area contributed by atoms with Crippen molar-refractivity contribution >= 4 is 29.1 Å². The van der Waals surface area contributed by atoms with Gasteiger partial charge in [-0.2, -0.15) is 0 Å². The summed E-state index contributed by atoms with van der Waals surface area (Å²) in [5, 5.41) is 4.82.